The van der Waals surface area contributed by atoms with Crippen molar-refractivity contribution in [3.05, 3.63) is 12.7 Å². The molecule has 1 fully saturated rings. The van der Waals surface area contributed by atoms with E-state index in [1.807, 2.05) is 6.08 Å². The van der Waals surface area contributed by atoms with Crippen molar-refractivity contribution in [1.29, 1.82) is 0 Å². The molecule has 1 amide bonds. The van der Waals surface area contributed by atoms with Gasteiger partial charge in [0.05, 0.1) is 0 Å². The molecule has 21 heavy (non-hydrogen) atoms. The Kier molecular flexibility index (Phi) is 6.84. The molecule has 0 aliphatic carbocycles. The zero-order chi connectivity index (χ0) is 16.0. The molecule has 0 bridgehead atoms. The fourth-order valence-electron chi connectivity index (χ4n) is 2.98. The fourth-order valence-corrected chi connectivity index (χ4v) is 2.98. The molecule has 6 heteroatoms. The standard InChI is InChI=1S/C15H27N3O3/c1-5-8-17(4)9-7-13-12(6-2)10-14(15(20)21)18(13)16-11(3)19/h6,12-14H,2,5,7-10H2,1,3-4H3,(H,16,19)(H,20,21). The van der Waals surface area contributed by atoms with Crippen molar-refractivity contribution in [3.8, 4) is 0 Å². The highest BCUT2D eigenvalue weighted by Gasteiger charge is 2.43. The number of hydrazine groups is 1. The van der Waals surface area contributed by atoms with Gasteiger partial charge in [0, 0.05) is 13.0 Å². The maximum absolute atomic E-state index is 11.4. The summed E-state index contributed by atoms with van der Waals surface area (Å²) in [7, 11) is 2.05. The van der Waals surface area contributed by atoms with Crippen LogP contribution in [0.5, 0.6) is 0 Å². The van der Waals surface area contributed by atoms with Gasteiger partial charge in [-0.3, -0.25) is 15.0 Å². The van der Waals surface area contributed by atoms with E-state index in [0.717, 1.165) is 25.9 Å². The number of carbonyl (C=O) groups excluding carboxylic acids is 1. The second-order valence-corrected chi connectivity index (χ2v) is 5.72. The van der Waals surface area contributed by atoms with Crippen molar-refractivity contribution < 1.29 is 14.7 Å². The number of rotatable bonds is 8. The van der Waals surface area contributed by atoms with Gasteiger partial charge in [0.25, 0.3) is 0 Å². The molecule has 1 aliphatic rings. The van der Waals surface area contributed by atoms with Crippen LogP contribution in [0.4, 0.5) is 0 Å². The lowest BCUT2D eigenvalue weighted by Crippen LogP contribution is -2.52. The molecule has 0 aromatic carbocycles. The Balaban J connectivity index is 2.80. The third-order valence-corrected chi connectivity index (χ3v) is 3.97. The van der Waals surface area contributed by atoms with Gasteiger partial charge in [-0.25, -0.2) is 5.01 Å². The van der Waals surface area contributed by atoms with E-state index in [0.29, 0.717) is 6.42 Å². The van der Waals surface area contributed by atoms with Gasteiger partial charge < -0.3 is 10.0 Å². The van der Waals surface area contributed by atoms with E-state index < -0.39 is 12.0 Å². The number of carboxylic acid groups (broad SMARTS) is 1. The van der Waals surface area contributed by atoms with Gasteiger partial charge in [0.2, 0.25) is 5.91 Å². The second kappa shape index (κ2) is 8.14. The van der Waals surface area contributed by atoms with Crippen LogP contribution in [0.15, 0.2) is 12.7 Å². The maximum Gasteiger partial charge on any atom is 0.322 e. The van der Waals surface area contributed by atoms with Crippen molar-refractivity contribution >= 4 is 11.9 Å². The van der Waals surface area contributed by atoms with Crippen LogP contribution in [-0.4, -0.2) is 59.1 Å². The Hall–Kier alpha value is -1.40. The molecule has 0 radical (unpaired) electrons. The van der Waals surface area contributed by atoms with Crippen LogP contribution >= 0.6 is 0 Å². The highest BCUT2D eigenvalue weighted by Crippen LogP contribution is 2.31. The molecular formula is C15H27N3O3. The summed E-state index contributed by atoms with van der Waals surface area (Å²) >= 11 is 0. The number of hydrogen-bond acceptors (Lipinski definition) is 4. The molecule has 0 aromatic heterocycles. The highest BCUT2D eigenvalue weighted by atomic mass is 16.4. The first-order valence-corrected chi connectivity index (χ1v) is 7.50. The molecule has 0 aromatic rings. The quantitative estimate of drug-likeness (QED) is 0.656. The van der Waals surface area contributed by atoms with Crippen LogP contribution in [0.2, 0.25) is 0 Å². The first-order chi connectivity index (χ1) is 9.90. The van der Waals surface area contributed by atoms with Gasteiger partial charge in [-0.05, 0) is 45.3 Å². The van der Waals surface area contributed by atoms with Crippen LogP contribution < -0.4 is 5.43 Å². The minimum absolute atomic E-state index is 0.0215. The zero-order valence-electron chi connectivity index (χ0n) is 13.2. The molecule has 1 saturated heterocycles. The Bertz CT molecular complexity index is 386. The first-order valence-electron chi connectivity index (χ1n) is 7.50. The van der Waals surface area contributed by atoms with E-state index in [-0.39, 0.29) is 17.9 Å². The molecule has 2 N–H and O–H groups in total. The van der Waals surface area contributed by atoms with Crippen LogP contribution in [0.25, 0.3) is 0 Å². The minimum atomic E-state index is -0.903. The summed E-state index contributed by atoms with van der Waals surface area (Å²) in [5.74, 6) is -1.06. The zero-order valence-corrected chi connectivity index (χ0v) is 13.2. The summed E-state index contributed by atoms with van der Waals surface area (Å²) in [6.07, 6.45) is 4.18. The molecule has 120 valence electrons. The van der Waals surface area contributed by atoms with Crippen LogP contribution in [0, 0.1) is 5.92 Å². The maximum atomic E-state index is 11.4. The van der Waals surface area contributed by atoms with Gasteiger partial charge in [-0.2, -0.15) is 0 Å². The van der Waals surface area contributed by atoms with Crippen LogP contribution in [0.1, 0.15) is 33.1 Å². The topological polar surface area (TPSA) is 72.9 Å². The summed E-state index contributed by atoms with van der Waals surface area (Å²) in [5, 5.41) is 11.0. The normalized spacial score (nSPS) is 26.0. The number of carboxylic acids is 1. The van der Waals surface area contributed by atoms with Gasteiger partial charge in [-0.15, -0.1) is 6.58 Å². The number of nitrogens with one attached hydrogen (secondary N) is 1. The molecular weight excluding hydrogens is 270 g/mol. The molecule has 6 nitrogen and oxygen atoms in total. The van der Waals surface area contributed by atoms with E-state index in [2.05, 4.69) is 30.9 Å². The Morgan fingerprint density at radius 3 is 2.62 bits per heavy atom. The van der Waals surface area contributed by atoms with Crippen LogP contribution in [-0.2, 0) is 9.59 Å². The molecule has 3 atom stereocenters. The average molecular weight is 297 g/mol. The highest BCUT2D eigenvalue weighted by molar-refractivity contribution is 5.76. The van der Waals surface area contributed by atoms with Crippen molar-refractivity contribution in [2.45, 2.75) is 45.2 Å². The third-order valence-electron chi connectivity index (χ3n) is 3.97. The van der Waals surface area contributed by atoms with E-state index in [9.17, 15) is 14.7 Å². The number of nitrogens with zero attached hydrogens (tertiary/aromatic N) is 2. The lowest BCUT2D eigenvalue weighted by molar-refractivity contribution is -0.145. The summed E-state index contributed by atoms with van der Waals surface area (Å²) in [4.78, 5) is 25.0. The molecule has 1 aliphatic heterocycles. The number of carbonyl (C=O) groups is 2. The number of hydrogen-bond donors (Lipinski definition) is 2. The third kappa shape index (κ3) is 4.82. The predicted octanol–water partition coefficient (Wildman–Crippen LogP) is 1.10. The minimum Gasteiger partial charge on any atom is -0.480 e. The molecule has 0 spiro atoms. The van der Waals surface area contributed by atoms with Gasteiger partial charge in [0.1, 0.15) is 6.04 Å². The average Bonchev–Trinajstić information content (AvgIpc) is 2.74. The summed E-state index contributed by atoms with van der Waals surface area (Å²) in [6, 6.07) is -0.704. The van der Waals surface area contributed by atoms with Crippen molar-refractivity contribution in [3.63, 3.8) is 0 Å². The fraction of sp³-hybridized carbons (Fsp3) is 0.733. The molecule has 0 saturated carbocycles. The van der Waals surface area contributed by atoms with E-state index in [4.69, 9.17) is 0 Å². The monoisotopic (exact) mass is 297 g/mol. The van der Waals surface area contributed by atoms with Gasteiger partial charge in [-0.1, -0.05) is 13.0 Å². The van der Waals surface area contributed by atoms with Crippen molar-refractivity contribution in [2.75, 3.05) is 20.1 Å². The van der Waals surface area contributed by atoms with Gasteiger partial charge in [0.15, 0.2) is 0 Å². The summed E-state index contributed by atoms with van der Waals surface area (Å²) in [5.41, 5.74) is 2.69. The summed E-state index contributed by atoms with van der Waals surface area (Å²) in [6.45, 7) is 9.22. The SMILES string of the molecule is C=CC1CC(C(=O)O)N(NC(C)=O)C1CCN(C)CCC. The van der Waals surface area contributed by atoms with E-state index in [1.54, 1.807) is 5.01 Å². The number of aliphatic carboxylic acids is 1. The lowest BCUT2D eigenvalue weighted by atomic mass is 9.97. The molecule has 1 rings (SSSR count). The van der Waals surface area contributed by atoms with E-state index in [1.165, 1.54) is 6.92 Å². The Labute approximate surface area is 126 Å². The van der Waals surface area contributed by atoms with Gasteiger partial charge >= 0.3 is 5.97 Å². The Morgan fingerprint density at radius 2 is 2.14 bits per heavy atom. The van der Waals surface area contributed by atoms with Crippen molar-refractivity contribution in [1.82, 2.24) is 15.3 Å². The van der Waals surface area contributed by atoms with E-state index >= 15 is 0 Å². The lowest BCUT2D eigenvalue weighted by Gasteiger charge is -2.30. The summed E-state index contributed by atoms with van der Waals surface area (Å²) < 4.78 is 0. The van der Waals surface area contributed by atoms with Crippen molar-refractivity contribution in [2.24, 2.45) is 5.92 Å². The largest absolute Gasteiger partial charge is 0.480 e. The molecule has 1 heterocycles. The predicted molar refractivity (Wildman–Crippen MR) is 81.6 cm³/mol. The first kappa shape index (κ1) is 17.7. The molecule has 3 unspecified atom stereocenters. The smallest absolute Gasteiger partial charge is 0.322 e. The number of amides is 1. The Morgan fingerprint density at radius 1 is 1.48 bits per heavy atom. The van der Waals surface area contributed by atoms with Crippen LogP contribution in [0.3, 0.4) is 0 Å². The second-order valence-electron chi connectivity index (χ2n) is 5.72.